The number of halogens is 4. The molecule has 0 bridgehead atoms. The molecule has 0 saturated carbocycles. The molecule has 28 heavy (non-hydrogen) atoms. The van der Waals surface area contributed by atoms with Crippen molar-refractivity contribution in [3.63, 3.8) is 0 Å². The average molecular weight is 504 g/mol. The van der Waals surface area contributed by atoms with E-state index < -0.39 is 12.4 Å². The summed E-state index contributed by atoms with van der Waals surface area (Å²) in [4.78, 5) is 5.95. The molecule has 0 saturated heterocycles. The number of alkyl halides is 2. The third kappa shape index (κ3) is 6.92. The predicted molar refractivity (Wildman–Crippen MR) is 111 cm³/mol. The fraction of sp³-hybridized carbons (Fsp3) is 0.263. The first-order valence-corrected chi connectivity index (χ1v) is 8.07. The van der Waals surface area contributed by atoms with Gasteiger partial charge < -0.3 is 15.0 Å². The van der Waals surface area contributed by atoms with Crippen LogP contribution in [0.25, 0.3) is 0 Å². The van der Waals surface area contributed by atoms with Crippen molar-refractivity contribution in [2.45, 2.75) is 19.7 Å². The Morgan fingerprint density at radius 2 is 1.93 bits per heavy atom. The first kappa shape index (κ1) is 23.6. The SMILES string of the molecule is CN=C(NCc1cc(C#N)ccc1F)N(C)Cc1ccc(OC(F)F)cc1.I. The van der Waals surface area contributed by atoms with Crippen molar-refractivity contribution in [3.05, 3.63) is 65.0 Å². The normalized spacial score (nSPS) is 10.8. The molecular formula is C19H20F3IN4O. The van der Waals surface area contributed by atoms with Gasteiger partial charge in [-0.15, -0.1) is 24.0 Å². The minimum absolute atomic E-state index is 0. The number of benzene rings is 2. The van der Waals surface area contributed by atoms with Crippen LogP contribution in [0.5, 0.6) is 5.75 Å². The highest BCUT2D eigenvalue weighted by molar-refractivity contribution is 14.0. The molecule has 2 rings (SSSR count). The van der Waals surface area contributed by atoms with Gasteiger partial charge >= 0.3 is 6.61 Å². The average Bonchev–Trinajstić information content (AvgIpc) is 2.64. The molecule has 0 spiro atoms. The Morgan fingerprint density at radius 3 is 2.50 bits per heavy atom. The van der Waals surface area contributed by atoms with Crippen LogP contribution in [0.2, 0.25) is 0 Å². The topological polar surface area (TPSA) is 60.7 Å². The Kier molecular flexibility index (Phi) is 9.58. The number of guanidine groups is 1. The summed E-state index contributed by atoms with van der Waals surface area (Å²) >= 11 is 0. The van der Waals surface area contributed by atoms with Crippen LogP contribution in [-0.4, -0.2) is 31.6 Å². The molecule has 1 N–H and O–H groups in total. The van der Waals surface area contributed by atoms with Gasteiger partial charge in [0.1, 0.15) is 11.6 Å². The molecule has 0 aromatic heterocycles. The Labute approximate surface area is 178 Å². The number of ether oxygens (including phenoxy) is 1. The van der Waals surface area contributed by atoms with Crippen molar-refractivity contribution in [1.29, 1.82) is 5.26 Å². The first-order chi connectivity index (χ1) is 12.9. The van der Waals surface area contributed by atoms with Gasteiger partial charge in [-0.05, 0) is 35.9 Å². The number of rotatable bonds is 6. The van der Waals surface area contributed by atoms with Crippen LogP contribution in [0.3, 0.4) is 0 Å². The lowest BCUT2D eigenvalue weighted by Crippen LogP contribution is -2.38. The maximum Gasteiger partial charge on any atom is 0.387 e. The van der Waals surface area contributed by atoms with Gasteiger partial charge in [0.05, 0.1) is 11.6 Å². The third-order valence-corrected chi connectivity index (χ3v) is 3.75. The van der Waals surface area contributed by atoms with E-state index >= 15 is 0 Å². The summed E-state index contributed by atoms with van der Waals surface area (Å²) in [5, 5.41) is 12.0. The lowest BCUT2D eigenvalue weighted by molar-refractivity contribution is -0.0498. The zero-order valence-corrected chi connectivity index (χ0v) is 17.7. The number of aliphatic imine (C=N–C) groups is 1. The molecule has 2 aromatic rings. The fourth-order valence-corrected chi connectivity index (χ4v) is 2.46. The van der Waals surface area contributed by atoms with Crippen LogP contribution in [0.1, 0.15) is 16.7 Å². The van der Waals surface area contributed by atoms with Crippen LogP contribution in [0.15, 0.2) is 47.5 Å². The zero-order valence-electron chi connectivity index (χ0n) is 15.3. The second-order valence-corrected chi connectivity index (χ2v) is 5.70. The lowest BCUT2D eigenvalue weighted by Gasteiger charge is -2.22. The molecule has 150 valence electrons. The summed E-state index contributed by atoms with van der Waals surface area (Å²) < 4.78 is 42.6. The minimum Gasteiger partial charge on any atom is -0.435 e. The van der Waals surface area contributed by atoms with E-state index in [0.717, 1.165) is 5.56 Å². The molecule has 0 aliphatic heterocycles. The Morgan fingerprint density at radius 1 is 1.25 bits per heavy atom. The van der Waals surface area contributed by atoms with E-state index in [1.807, 2.05) is 6.07 Å². The van der Waals surface area contributed by atoms with Gasteiger partial charge in [0.25, 0.3) is 0 Å². The van der Waals surface area contributed by atoms with E-state index in [1.54, 1.807) is 31.1 Å². The van der Waals surface area contributed by atoms with Gasteiger partial charge in [0.15, 0.2) is 5.96 Å². The lowest BCUT2D eigenvalue weighted by atomic mass is 10.1. The van der Waals surface area contributed by atoms with Gasteiger partial charge in [-0.2, -0.15) is 14.0 Å². The molecular weight excluding hydrogens is 484 g/mol. The van der Waals surface area contributed by atoms with Crippen LogP contribution < -0.4 is 10.1 Å². The van der Waals surface area contributed by atoms with Gasteiger partial charge in [0.2, 0.25) is 0 Å². The maximum absolute atomic E-state index is 13.9. The summed E-state index contributed by atoms with van der Waals surface area (Å²) in [6, 6.07) is 12.4. The molecule has 0 radical (unpaired) electrons. The van der Waals surface area contributed by atoms with E-state index in [9.17, 15) is 13.2 Å². The number of hydrogen-bond donors (Lipinski definition) is 1. The van der Waals surface area contributed by atoms with Gasteiger partial charge in [-0.1, -0.05) is 12.1 Å². The highest BCUT2D eigenvalue weighted by Gasteiger charge is 2.10. The summed E-state index contributed by atoms with van der Waals surface area (Å²) in [7, 11) is 3.39. The Bertz CT molecular complexity index is 838. The molecule has 0 fully saturated rings. The molecule has 0 heterocycles. The molecule has 0 amide bonds. The number of nitrogens with one attached hydrogen (secondary N) is 1. The Balaban J connectivity index is 0.00000392. The summed E-state index contributed by atoms with van der Waals surface area (Å²) in [5.41, 5.74) is 1.60. The standard InChI is InChI=1S/C19H19F3N4O.HI/c1-24-19(25-11-15-9-14(10-23)5-8-17(15)20)26(2)12-13-3-6-16(7-4-13)27-18(21)22;/h3-9,18H,11-12H2,1-2H3,(H,24,25);1H. The highest BCUT2D eigenvalue weighted by Crippen LogP contribution is 2.16. The van der Waals surface area contributed by atoms with E-state index in [1.165, 1.54) is 30.3 Å². The largest absolute Gasteiger partial charge is 0.435 e. The van der Waals surface area contributed by atoms with Crippen molar-refractivity contribution in [2.24, 2.45) is 4.99 Å². The van der Waals surface area contributed by atoms with Crippen LogP contribution in [0, 0.1) is 17.1 Å². The number of nitrogens with zero attached hydrogens (tertiary/aromatic N) is 3. The smallest absolute Gasteiger partial charge is 0.387 e. The van der Waals surface area contributed by atoms with Crippen LogP contribution in [0.4, 0.5) is 13.2 Å². The minimum atomic E-state index is -2.86. The van der Waals surface area contributed by atoms with E-state index in [0.29, 0.717) is 23.6 Å². The van der Waals surface area contributed by atoms with E-state index in [4.69, 9.17) is 5.26 Å². The summed E-state index contributed by atoms with van der Waals surface area (Å²) in [5.74, 6) is 0.200. The second kappa shape index (κ2) is 11.4. The van der Waals surface area contributed by atoms with Crippen LogP contribution in [-0.2, 0) is 13.1 Å². The zero-order chi connectivity index (χ0) is 19.8. The van der Waals surface area contributed by atoms with Crippen molar-refractivity contribution >= 4 is 29.9 Å². The molecule has 2 aromatic carbocycles. The van der Waals surface area contributed by atoms with Crippen molar-refractivity contribution in [1.82, 2.24) is 10.2 Å². The molecule has 9 heteroatoms. The van der Waals surface area contributed by atoms with E-state index in [-0.39, 0.29) is 36.3 Å². The maximum atomic E-state index is 13.9. The van der Waals surface area contributed by atoms with Crippen LogP contribution >= 0.6 is 24.0 Å². The first-order valence-electron chi connectivity index (χ1n) is 8.07. The molecule has 0 atom stereocenters. The van der Waals surface area contributed by atoms with Crippen molar-refractivity contribution in [3.8, 4) is 11.8 Å². The van der Waals surface area contributed by atoms with Gasteiger partial charge in [0, 0.05) is 32.7 Å². The van der Waals surface area contributed by atoms with Gasteiger partial charge in [-0.25, -0.2) is 4.39 Å². The van der Waals surface area contributed by atoms with E-state index in [2.05, 4.69) is 15.0 Å². The molecule has 0 aliphatic rings. The second-order valence-electron chi connectivity index (χ2n) is 5.70. The molecule has 0 unspecified atom stereocenters. The fourth-order valence-electron chi connectivity index (χ4n) is 2.46. The van der Waals surface area contributed by atoms with Crippen molar-refractivity contribution < 1.29 is 17.9 Å². The molecule has 0 aliphatic carbocycles. The quantitative estimate of drug-likeness (QED) is 0.366. The third-order valence-electron chi connectivity index (χ3n) is 3.75. The van der Waals surface area contributed by atoms with Crippen molar-refractivity contribution in [2.75, 3.05) is 14.1 Å². The predicted octanol–water partition coefficient (Wildman–Crippen LogP) is 4.12. The number of nitriles is 1. The molecule has 5 nitrogen and oxygen atoms in total. The Hall–Kier alpha value is -2.48. The number of hydrogen-bond acceptors (Lipinski definition) is 3. The summed E-state index contributed by atoms with van der Waals surface area (Å²) in [6.45, 7) is -2.24. The monoisotopic (exact) mass is 504 g/mol. The van der Waals surface area contributed by atoms with Gasteiger partial charge in [-0.3, -0.25) is 4.99 Å². The summed E-state index contributed by atoms with van der Waals surface area (Å²) in [6.07, 6.45) is 0. The highest BCUT2D eigenvalue weighted by atomic mass is 127.